The van der Waals surface area contributed by atoms with Crippen LogP contribution in [0.3, 0.4) is 0 Å². The first-order valence-electron chi connectivity index (χ1n) is 6.11. The number of halogens is 1. The molecule has 1 aliphatic rings. The topological polar surface area (TPSA) is 61.2 Å². The highest BCUT2D eigenvalue weighted by molar-refractivity contribution is 9.10. The normalized spacial score (nSPS) is 18.2. The molecule has 0 spiro atoms. The minimum Gasteiger partial charge on any atom is -0.207 e. The van der Waals surface area contributed by atoms with E-state index in [4.69, 9.17) is 5.26 Å². The van der Waals surface area contributed by atoms with Gasteiger partial charge in [0.05, 0.1) is 11.0 Å². The van der Waals surface area contributed by atoms with Crippen molar-refractivity contribution in [3.63, 3.8) is 0 Å². The first-order valence-corrected chi connectivity index (χ1v) is 8.34. The number of hydrogen-bond donors (Lipinski definition) is 0. The van der Waals surface area contributed by atoms with E-state index >= 15 is 0 Å². The molecular weight excluding hydrogens is 328 g/mol. The second kappa shape index (κ2) is 5.61. The van der Waals surface area contributed by atoms with E-state index in [1.807, 2.05) is 6.92 Å². The van der Waals surface area contributed by atoms with Crippen LogP contribution in [0.5, 0.6) is 0 Å². The van der Waals surface area contributed by atoms with E-state index in [0.717, 1.165) is 10.0 Å². The van der Waals surface area contributed by atoms with Crippen molar-refractivity contribution in [1.29, 1.82) is 5.26 Å². The molecule has 0 aromatic heterocycles. The van der Waals surface area contributed by atoms with Gasteiger partial charge in [-0.1, -0.05) is 15.9 Å². The maximum Gasteiger partial charge on any atom is 0.243 e. The fourth-order valence-corrected chi connectivity index (χ4v) is 3.95. The number of nitrogens with zero attached hydrogens (tertiary/aromatic N) is 2. The van der Waals surface area contributed by atoms with E-state index in [-0.39, 0.29) is 5.92 Å². The molecule has 1 aromatic carbocycles. The maximum atomic E-state index is 12.5. The summed E-state index contributed by atoms with van der Waals surface area (Å²) < 4.78 is 27.3. The average molecular weight is 343 g/mol. The van der Waals surface area contributed by atoms with Crippen LogP contribution in [0.2, 0.25) is 0 Å². The van der Waals surface area contributed by atoms with Crippen molar-refractivity contribution in [1.82, 2.24) is 4.31 Å². The molecule has 6 heteroatoms. The summed E-state index contributed by atoms with van der Waals surface area (Å²) in [7, 11) is -3.43. The number of piperidine rings is 1. The molecule has 0 amide bonds. The molecule has 1 aliphatic heterocycles. The van der Waals surface area contributed by atoms with E-state index in [1.54, 1.807) is 18.2 Å². The molecular formula is C13H15BrN2O2S. The lowest BCUT2D eigenvalue weighted by Crippen LogP contribution is -2.38. The fraction of sp³-hybridized carbons (Fsp3) is 0.462. The molecule has 0 radical (unpaired) electrons. The maximum absolute atomic E-state index is 12.5. The Morgan fingerprint density at radius 3 is 2.53 bits per heavy atom. The smallest absolute Gasteiger partial charge is 0.207 e. The predicted molar refractivity (Wildman–Crippen MR) is 76.0 cm³/mol. The van der Waals surface area contributed by atoms with Crippen LogP contribution in [0.1, 0.15) is 18.4 Å². The molecule has 19 heavy (non-hydrogen) atoms. The van der Waals surface area contributed by atoms with Gasteiger partial charge in [-0.05, 0) is 43.5 Å². The van der Waals surface area contributed by atoms with Crippen molar-refractivity contribution in [3.8, 4) is 6.07 Å². The molecule has 1 heterocycles. The summed E-state index contributed by atoms with van der Waals surface area (Å²) in [6.07, 6.45) is 1.23. The van der Waals surface area contributed by atoms with Crippen LogP contribution in [0.4, 0.5) is 0 Å². The second-order valence-electron chi connectivity index (χ2n) is 4.72. The van der Waals surface area contributed by atoms with Crippen LogP contribution in [-0.2, 0) is 10.0 Å². The van der Waals surface area contributed by atoms with E-state index in [1.165, 1.54) is 4.31 Å². The molecule has 1 aromatic rings. The van der Waals surface area contributed by atoms with Gasteiger partial charge >= 0.3 is 0 Å². The van der Waals surface area contributed by atoms with Gasteiger partial charge < -0.3 is 0 Å². The van der Waals surface area contributed by atoms with Crippen LogP contribution >= 0.6 is 15.9 Å². The minimum absolute atomic E-state index is 0.0156. The SMILES string of the molecule is Cc1cc(S(=O)(=O)N2CCC(C#N)CC2)ccc1Br. The monoisotopic (exact) mass is 342 g/mol. The van der Waals surface area contributed by atoms with Crippen LogP contribution in [0, 0.1) is 24.2 Å². The highest BCUT2D eigenvalue weighted by Gasteiger charge is 2.29. The number of sulfonamides is 1. The zero-order valence-corrected chi connectivity index (χ0v) is 13.0. The molecule has 0 atom stereocenters. The van der Waals surface area contributed by atoms with E-state index in [9.17, 15) is 8.42 Å². The van der Waals surface area contributed by atoms with Gasteiger partial charge in [0.25, 0.3) is 0 Å². The minimum atomic E-state index is -3.43. The predicted octanol–water partition coefficient (Wildman–Crippen LogP) is 2.68. The lowest BCUT2D eigenvalue weighted by atomic mass is 10.0. The Morgan fingerprint density at radius 1 is 1.37 bits per heavy atom. The van der Waals surface area contributed by atoms with Crippen molar-refractivity contribution >= 4 is 26.0 Å². The standard InChI is InChI=1S/C13H15BrN2O2S/c1-10-8-12(2-3-13(10)14)19(17,18)16-6-4-11(9-15)5-7-16/h2-3,8,11H,4-7H2,1H3. The van der Waals surface area contributed by atoms with Gasteiger partial charge in [0.15, 0.2) is 0 Å². The van der Waals surface area contributed by atoms with Gasteiger partial charge in [-0.15, -0.1) is 0 Å². The zero-order chi connectivity index (χ0) is 14.0. The quantitative estimate of drug-likeness (QED) is 0.829. The first-order chi connectivity index (χ1) is 8.95. The summed E-state index contributed by atoms with van der Waals surface area (Å²) in [6, 6.07) is 7.25. The molecule has 4 nitrogen and oxygen atoms in total. The summed E-state index contributed by atoms with van der Waals surface area (Å²) in [5.74, 6) is -0.0156. The molecule has 0 aliphatic carbocycles. The molecule has 2 rings (SSSR count). The van der Waals surface area contributed by atoms with Crippen molar-refractivity contribution in [2.24, 2.45) is 5.92 Å². The van der Waals surface area contributed by atoms with Crippen molar-refractivity contribution < 1.29 is 8.42 Å². The third-order valence-corrected chi connectivity index (χ3v) is 6.19. The van der Waals surface area contributed by atoms with Crippen LogP contribution < -0.4 is 0 Å². The van der Waals surface area contributed by atoms with Gasteiger partial charge in [0.2, 0.25) is 10.0 Å². The lowest BCUT2D eigenvalue weighted by molar-refractivity contribution is 0.310. The van der Waals surface area contributed by atoms with Crippen molar-refractivity contribution in [3.05, 3.63) is 28.2 Å². The van der Waals surface area contributed by atoms with Crippen LogP contribution in [-0.4, -0.2) is 25.8 Å². The number of aryl methyl sites for hydroxylation is 1. The zero-order valence-electron chi connectivity index (χ0n) is 10.6. The molecule has 1 saturated heterocycles. The number of rotatable bonds is 2. The fourth-order valence-electron chi connectivity index (χ4n) is 2.15. The van der Waals surface area contributed by atoms with Crippen molar-refractivity contribution in [2.45, 2.75) is 24.7 Å². The number of hydrogen-bond acceptors (Lipinski definition) is 3. The Labute approximate surface area is 122 Å². The number of nitriles is 1. The van der Waals surface area contributed by atoms with Crippen molar-refractivity contribution in [2.75, 3.05) is 13.1 Å². The molecule has 0 N–H and O–H groups in total. The van der Waals surface area contributed by atoms with Gasteiger partial charge in [0.1, 0.15) is 0 Å². The Kier molecular flexibility index (Phi) is 4.29. The van der Waals surface area contributed by atoms with E-state index in [0.29, 0.717) is 30.8 Å². The van der Waals surface area contributed by atoms with Crippen LogP contribution in [0.25, 0.3) is 0 Å². The first kappa shape index (κ1) is 14.5. The Bertz CT molecular complexity index is 614. The summed E-state index contributed by atoms with van der Waals surface area (Å²) in [6.45, 7) is 2.72. The van der Waals surface area contributed by atoms with Gasteiger partial charge in [-0.2, -0.15) is 9.57 Å². The highest BCUT2D eigenvalue weighted by Crippen LogP contribution is 2.26. The highest BCUT2D eigenvalue weighted by atomic mass is 79.9. The van der Waals surface area contributed by atoms with E-state index < -0.39 is 10.0 Å². The van der Waals surface area contributed by atoms with Gasteiger partial charge in [0, 0.05) is 23.5 Å². The third kappa shape index (κ3) is 2.99. The molecule has 0 saturated carbocycles. The third-order valence-electron chi connectivity index (χ3n) is 3.40. The summed E-state index contributed by atoms with van der Waals surface area (Å²) in [4.78, 5) is 0.323. The van der Waals surface area contributed by atoms with Gasteiger partial charge in [-0.25, -0.2) is 8.42 Å². The second-order valence-corrected chi connectivity index (χ2v) is 7.51. The van der Waals surface area contributed by atoms with Gasteiger partial charge in [-0.3, -0.25) is 0 Å². The number of benzene rings is 1. The molecule has 102 valence electrons. The summed E-state index contributed by atoms with van der Waals surface area (Å²) in [5, 5.41) is 8.84. The van der Waals surface area contributed by atoms with Crippen LogP contribution in [0.15, 0.2) is 27.6 Å². The summed E-state index contributed by atoms with van der Waals surface area (Å²) >= 11 is 3.36. The Hall–Kier alpha value is -0.900. The lowest BCUT2D eigenvalue weighted by Gasteiger charge is -2.28. The molecule has 1 fully saturated rings. The Balaban J connectivity index is 2.23. The Morgan fingerprint density at radius 2 is 2.00 bits per heavy atom. The largest absolute Gasteiger partial charge is 0.243 e. The molecule has 0 unspecified atom stereocenters. The molecule has 0 bridgehead atoms. The average Bonchev–Trinajstić information content (AvgIpc) is 2.41. The summed E-state index contributed by atoms with van der Waals surface area (Å²) in [5.41, 5.74) is 0.896. The van der Waals surface area contributed by atoms with E-state index in [2.05, 4.69) is 22.0 Å².